The fraction of sp³-hybridized carbons (Fsp3) is 0.889. The third-order valence-corrected chi connectivity index (χ3v) is 2.86. The summed E-state index contributed by atoms with van der Waals surface area (Å²) in [6, 6.07) is 0. The Morgan fingerprint density at radius 1 is 1.29 bits per heavy atom. The van der Waals surface area contributed by atoms with Crippen LogP contribution in [0.5, 0.6) is 0 Å². The molecule has 82 valence electrons. The molecule has 2 saturated heterocycles. The van der Waals surface area contributed by atoms with Gasteiger partial charge in [0.25, 0.3) is 0 Å². The van der Waals surface area contributed by atoms with E-state index in [2.05, 4.69) is 16.0 Å². The van der Waals surface area contributed by atoms with Gasteiger partial charge in [0.1, 0.15) is 0 Å². The van der Waals surface area contributed by atoms with E-state index in [1.54, 1.807) is 0 Å². The quantitative estimate of drug-likeness (QED) is 0.592. The first kappa shape index (κ1) is 11.8. The van der Waals surface area contributed by atoms with Crippen molar-refractivity contribution in [2.45, 2.75) is 6.42 Å². The molecule has 1 atom stereocenters. The summed E-state index contributed by atoms with van der Waals surface area (Å²) in [4.78, 5) is 11.5. The van der Waals surface area contributed by atoms with Crippen molar-refractivity contribution >= 4 is 18.3 Å². The molecule has 1 amide bonds. The van der Waals surface area contributed by atoms with Gasteiger partial charge in [0, 0.05) is 32.1 Å². The standard InChI is InChI=1S/C9H17N3O.ClH/c13-9(8-1-2-10-6-8)12-5-7-3-11-4-7;/h7-8,10-11H,1-6H2,(H,12,13);1H/t8-;/m0./s1. The van der Waals surface area contributed by atoms with E-state index in [0.717, 1.165) is 39.1 Å². The molecule has 0 bridgehead atoms. The molecule has 14 heavy (non-hydrogen) atoms. The molecule has 2 rings (SSSR count). The average Bonchev–Trinajstić information content (AvgIpc) is 2.52. The molecule has 0 radical (unpaired) electrons. The molecule has 0 aromatic carbocycles. The minimum absolute atomic E-state index is 0. The van der Waals surface area contributed by atoms with Crippen molar-refractivity contribution in [1.29, 1.82) is 0 Å². The average molecular weight is 220 g/mol. The Hall–Kier alpha value is -0.320. The Morgan fingerprint density at radius 3 is 2.57 bits per heavy atom. The third-order valence-electron chi connectivity index (χ3n) is 2.86. The van der Waals surface area contributed by atoms with E-state index in [9.17, 15) is 4.79 Å². The van der Waals surface area contributed by atoms with Crippen molar-refractivity contribution in [3.05, 3.63) is 0 Å². The Labute approximate surface area is 90.6 Å². The van der Waals surface area contributed by atoms with Crippen molar-refractivity contribution < 1.29 is 4.79 Å². The smallest absolute Gasteiger partial charge is 0.224 e. The molecule has 3 N–H and O–H groups in total. The Morgan fingerprint density at radius 2 is 2.07 bits per heavy atom. The maximum absolute atomic E-state index is 11.5. The van der Waals surface area contributed by atoms with Gasteiger partial charge in [-0.25, -0.2) is 0 Å². The van der Waals surface area contributed by atoms with Crippen molar-refractivity contribution in [3.8, 4) is 0 Å². The second-order valence-electron chi connectivity index (χ2n) is 3.96. The van der Waals surface area contributed by atoms with Crippen LogP contribution in [0.2, 0.25) is 0 Å². The van der Waals surface area contributed by atoms with Crippen LogP contribution in [0.3, 0.4) is 0 Å². The van der Waals surface area contributed by atoms with Gasteiger partial charge in [-0.1, -0.05) is 0 Å². The summed E-state index contributed by atoms with van der Waals surface area (Å²) >= 11 is 0. The van der Waals surface area contributed by atoms with Crippen LogP contribution in [0.1, 0.15) is 6.42 Å². The molecule has 2 aliphatic heterocycles. The lowest BCUT2D eigenvalue weighted by Crippen LogP contribution is -2.49. The number of hydrogen-bond donors (Lipinski definition) is 3. The summed E-state index contributed by atoms with van der Waals surface area (Å²) in [7, 11) is 0. The van der Waals surface area contributed by atoms with E-state index >= 15 is 0 Å². The lowest BCUT2D eigenvalue weighted by atomic mass is 10.0. The van der Waals surface area contributed by atoms with Crippen LogP contribution in [-0.2, 0) is 4.79 Å². The topological polar surface area (TPSA) is 53.2 Å². The van der Waals surface area contributed by atoms with Crippen molar-refractivity contribution in [3.63, 3.8) is 0 Å². The molecule has 0 aromatic heterocycles. The fourth-order valence-corrected chi connectivity index (χ4v) is 1.76. The molecular weight excluding hydrogens is 202 g/mol. The van der Waals surface area contributed by atoms with Crippen LogP contribution in [-0.4, -0.2) is 38.6 Å². The van der Waals surface area contributed by atoms with Crippen LogP contribution in [0, 0.1) is 11.8 Å². The minimum atomic E-state index is 0. The Bertz CT molecular complexity index is 190. The van der Waals surface area contributed by atoms with Gasteiger partial charge in [-0.3, -0.25) is 4.79 Å². The minimum Gasteiger partial charge on any atom is -0.355 e. The first-order valence-electron chi connectivity index (χ1n) is 5.05. The van der Waals surface area contributed by atoms with Gasteiger partial charge in [0.05, 0.1) is 5.92 Å². The van der Waals surface area contributed by atoms with Gasteiger partial charge >= 0.3 is 0 Å². The number of halogens is 1. The van der Waals surface area contributed by atoms with E-state index < -0.39 is 0 Å². The van der Waals surface area contributed by atoms with E-state index in [1.807, 2.05) is 0 Å². The van der Waals surface area contributed by atoms with Crippen LogP contribution in [0.25, 0.3) is 0 Å². The van der Waals surface area contributed by atoms with E-state index in [-0.39, 0.29) is 24.2 Å². The first-order chi connectivity index (χ1) is 6.36. The van der Waals surface area contributed by atoms with E-state index in [1.165, 1.54) is 0 Å². The van der Waals surface area contributed by atoms with E-state index in [4.69, 9.17) is 0 Å². The summed E-state index contributed by atoms with van der Waals surface area (Å²) < 4.78 is 0. The number of carbonyl (C=O) groups excluding carboxylic acids is 1. The molecule has 0 aromatic rings. The highest BCUT2D eigenvalue weighted by molar-refractivity contribution is 5.85. The fourth-order valence-electron chi connectivity index (χ4n) is 1.76. The van der Waals surface area contributed by atoms with E-state index in [0.29, 0.717) is 5.92 Å². The highest BCUT2D eigenvalue weighted by Gasteiger charge is 2.23. The molecule has 2 fully saturated rings. The van der Waals surface area contributed by atoms with Gasteiger partial charge < -0.3 is 16.0 Å². The monoisotopic (exact) mass is 219 g/mol. The highest BCUT2D eigenvalue weighted by Crippen LogP contribution is 2.07. The summed E-state index contributed by atoms with van der Waals surface area (Å²) in [6.45, 7) is 4.81. The molecule has 5 heteroatoms. The molecule has 0 unspecified atom stereocenters. The maximum Gasteiger partial charge on any atom is 0.224 e. The van der Waals surface area contributed by atoms with Crippen LogP contribution in [0.4, 0.5) is 0 Å². The summed E-state index contributed by atoms with van der Waals surface area (Å²) in [6.07, 6.45) is 0.995. The van der Waals surface area contributed by atoms with Crippen molar-refractivity contribution in [2.24, 2.45) is 11.8 Å². The molecule has 2 heterocycles. The summed E-state index contributed by atoms with van der Waals surface area (Å²) in [5.41, 5.74) is 0. The lowest BCUT2D eigenvalue weighted by Gasteiger charge is -2.27. The number of carbonyl (C=O) groups is 1. The third kappa shape index (κ3) is 2.83. The number of nitrogens with one attached hydrogen (secondary N) is 3. The van der Waals surface area contributed by atoms with Gasteiger partial charge in [0.15, 0.2) is 0 Å². The van der Waals surface area contributed by atoms with Gasteiger partial charge in [0.2, 0.25) is 5.91 Å². The second-order valence-corrected chi connectivity index (χ2v) is 3.96. The number of amides is 1. The SMILES string of the molecule is Cl.O=C(NCC1CNC1)[C@H]1CCNC1. The zero-order valence-corrected chi connectivity index (χ0v) is 9.03. The number of hydrogen-bond acceptors (Lipinski definition) is 3. The van der Waals surface area contributed by atoms with Crippen molar-refractivity contribution in [1.82, 2.24) is 16.0 Å². The maximum atomic E-state index is 11.5. The number of rotatable bonds is 3. The highest BCUT2D eigenvalue weighted by atomic mass is 35.5. The summed E-state index contributed by atoms with van der Waals surface area (Å²) in [5.74, 6) is 1.11. The zero-order chi connectivity index (χ0) is 9.10. The van der Waals surface area contributed by atoms with Crippen LogP contribution in [0.15, 0.2) is 0 Å². The van der Waals surface area contributed by atoms with Gasteiger partial charge in [-0.05, 0) is 13.0 Å². The molecule has 4 nitrogen and oxygen atoms in total. The Balaban J connectivity index is 0.000000980. The zero-order valence-electron chi connectivity index (χ0n) is 8.21. The van der Waals surface area contributed by atoms with Gasteiger partial charge in [-0.2, -0.15) is 0 Å². The predicted molar refractivity (Wildman–Crippen MR) is 57.6 cm³/mol. The largest absolute Gasteiger partial charge is 0.355 e. The van der Waals surface area contributed by atoms with Crippen LogP contribution < -0.4 is 16.0 Å². The molecule has 0 spiro atoms. The van der Waals surface area contributed by atoms with Crippen molar-refractivity contribution in [2.75, 3.05) is 32.7 Å². The normalized spacial score (nSPS) is 26.4. The van der Waals surface area contributed by atoms with Gasteiger partial charge in [-0.15, -0.1) is 12.4 Å². The molecule has 0 aliphatic carbocycles. The second kappa shape index (κ2) is 5.53. The first-order valence-corrected chi connectivity index (χ1v) is 5.05. The molecule has 2 aliphatic rings. The summed E-state index contributed by atoms with van der Waals surface area (Å²) in [5, 5.41) is 9.39. The molecule has 0 saturated carbocycles. The lowest BCUT2D eigenvalue weighted by molar-refractivity contribution is -0.124. The predicted octanol–water partition coefficient (Wildman–Crippen LogP) is -0.647. The molecular formula is C9H18ClN3O. The Kier molecular flexibility index (Phi) is 4.65. The van der Waals surface area contributed by atoms with Crippen LogP contribution >= 0.6 is 12.4 Å².